The van der Waals surface area contributed by atoms with Gasteiger partial charge in [-0.25, -0.2) is 14.5 Å². The standard InChI is InChI=1S/C18H14N6O2S/c25-17(13-6-8-16(9-7-13)24-12-19-22-23-24)26-10-15-11-27-18(21-15)20-14-4-2-1-3-5-14/h1-9,11-12H,10H2,(H,20,21). The molecule has 2 aromatic carbocycles. The Morgan fingerprint density at radius 1 is 1.11 bits per heavy atom. The first-order valence-electron chi connectivity index (χ1n) is 8.05. The van der Waals surface area contributed by atoms with E-state index in [0.29, 0.717) is 11.3 Å². The Labute approximate surface area is 158 Å². The highest BCUT2D eigenvalue weighted by Gasteiger charge is 2.10. The first-order chi connectivity index (χ1) is 13.3. The Bertz CT molecular complexity index is 1020. The maximum atomic E-state index is 12.2. The van der Waals surface area contributed by atoms with Crippen molar-refractivity contribution in [3.8, 4) is 5.69 Å². The molecule has 9 heteroatoms. The SMILES string of the molecule is O=C(OCc1csc(Nc2ccccc2)n1)c1ccc(-n2cnnn2)cc1. The van der Waals surface area contributed by atoms with Crippen molar-refractivity contribution < 1.29 is 9.53 Å². The highest BCUT2D eigenvalue weighted by Crippen LogP contribution is 2.21. The number of carbonyl (C=O) groups is 1. The molecular weight excluding hydrogens is 364 g/mol. The number of nitrogens with one attached hydrogen (secondary N) is 1. The number of aromatic nitrogens is 5. The summed E-state index contributed by atoms with van der Waals surface area (Å²) in [7, 11) is 0. The number of carbonyl (C=O) groups excluding carboxylic acids is 1. The summed E-state index contributed by atoms with van der Waals surface area (Å²) in [6.07, 6.45) is 1.48. The van der Waals surface area contributed by atoms with Crippen molar-refractivity contribution in [2.24, 2.45) is 0 Å². The van der Waals surface area contributed by atoms with E-state index in [4.69, 9.17) is 4.74 Å². The van der Waals surface area contributed by atoms with Gasteiger partial charge >= 0.3 is 5.97 Å². The van der Waals surface area contributed by atoms with Crippen LogP contribution in [0, 0.1) is 0 Å². The predicted molar refractivity (Wildman–Crippen MR) is 100 cm³/mol. The Morgan fingerprint density at radius 2 is 1.93 bits per heavy atom. The van der Waals surface area contributed by atoms with Crippen LogP contribution >= 0.6 is 11.3 Å². The molecule has 0 saturated heterocycles. The second-order valence-electron chi connectivity index (χ2n) is 5.51. The molecule has 0 bridgehead atoms. The zero-order valence-electron chi connectivity index (χ0n) is 14.0. The third-order valence-corrected chi connectivity index (χ3v) is 4.45. The number of para-hydroxylation sites is 1. The molecule has 0 fully saturated rings. The molecule has 0 aliphatic heterocycles. The molecule has 0 radical (unpaired) electrons. The van der Waals surface area contributed by atoms with Crippen LogP contribution in [0.3, 0.4) is 0 Å². The third kappa shape index (κ3) is 4.15. The van der Waals surface area contributed by atoms with E-state index in [-0.39, 0.29) is 6.61 Å². The lowest BCUT2D eigenvalue weighted by Gasteiger charge is -2.04. The Hall–Kier alpha value is -3.59. The van der Waals surface area contributed by atoms with Gasteiger partial charge in [0.05, 0.1) is 16.9 Å². The minimum absolute atomic E-state index is 0.112. The van der Waals surface area contributed by atoms with Crippen molar-refractivity contribution in [3.63, 3.8) is 0 Å². The normalized spacial score (nSPS) is 10.5. The van der Waals surface area contributed by atoms with E-state index >= 15 is 0 Å². The second-order valence-corrected chi connectivity index (χ2v) is 6.37. The summed E-state index contributed by atoms with van der Waals surface area (Å²) in [4.78, 5) is 16.6. The second kappa shape index (κ2) is 7.75. The van der Waals surface area contributed by atoms with Crippen LogP contribution in [-0.2, 0) is 11.3 Å². The van der Waals surface area contributed by atoms with Gasteiger partial charge in [-0.2, -0.15) is 0 Å². The van der Waals surface area contributed by atoms with E-state index in [0.717, 1.165) is 16.5 Å². The molecule has 0 amide bonds. The number of anilines is 2. The van der Waals surface area contributed by atoms with Gasteiger partial charge in [-0.05, 0) is 46.8 Å². The molecule has 0 aliphatic rings. The van der Waals surface area contributed by atoms with Crippen molar-refractivity contribution in [2.75, 3.05) is 5.32 Å². The van der Waals surface area contributed by atoms with Crippen LogP contribution in [0.1, 0.15) is 16.1 Å². The third-order valence-electron chi connectivity index (χ3n) is 3.64. The molecule has 8 nitrogen and oxygen atoms in total. The van der Waals surface area contributed by atoms with E-state index in [1.807, 2.05) is 35.7 Å². The molecule has 27 heavy (non-hydrogen) atoms. The number of esters is 1. The fraction of sp³-hybridized carbons (Fsp3) is 0.0556. The van der Waals surface area contributed by atoms with Gasteiger partial charge in [-0.1, -0.05) is 18.2 Å². The van der Waals surface area contributed by atoms with Gasteiger partial charge in [-0.3, -0.25) is 0 Å². The number of rotatable bonds is 6. The number of ether oxygens (including phenoxy) is 1. The summed E-state index contributed by atoms with van der Waals surface area (Å²) in [5.41, 5.74) is 2.85. The zero-order valence-corrected chi connectivity index (χ0v) is 14.8. The maximum absolute atomic E-state index is 12.2. The molecule has 1 N–H and O–H groups in total. The van der Waals surface area contributed by atoms with E-state index in [1.54, 1.807) is 24.3 Å². The molecule has 0 atom stereocenters. The van der Waals surface area contributed by atoms with Crippen molar-refractivity contribution >= 4 is 28.1 Å². The average Bonchev–Trinajstić information content (AvgIpc) is 3.39. The van der Waals surface area contributed by atoms with E-state index in [1.165, 1.54) is 22.3 Å². The summed E-state index contributed by atoms with van der Waals surface area (Å²) in [6, 6.07) is 16.6. The Balaban J connectivity index is 1.34. The average molecular weight is 378 g/mol. The lowest BCUT2D eigenvalue weighted by Crippen LogP contribution is -2.06. The quantitative estimate of drug-likeness (QED) is 0.515. The van der Waals surface area contributed by atoms with E-state index < -0.39 is 5.97 Å². The molecule has 4 aromatic rings. The van der Waals surface area contributed by atoms with Crippen LogP contribution in [0.2, 0.25) is 0 Å². The van der Waals surface area contributed by atoms with Gasteiger partial charge in [-0.15, -0.1) is 16.4 Å². The van der Waals surface area contributed by atoms with Crippen LogP contribution in [0.25, 0.3) is 5.69 Å². The first-order valence-corrected chi connectivity index (χ1v) is 8.93. The van der Waals surface area contributed by atoms with Gasteiger partial charge in [0.1, 0.15) is 12.9 Å². The minimum Gasteiger partial charge on any atom is -0.456 e. The smallest absolute Gasteiger partial charge is 0.338 e. The number of nitrogens with zero attached hydrogens (tertiary/aromatic N) is 5. The molecule has 4 rings (SSSR count). The molecule has 2 aromatic heterocycles. The number of hydrogen-bond donors (Lipinski definition) is 1. The lowest BCUT2D eigenvalue weighted by molar-refractivity contribution is 0.0468. The molecule has 134 valence electrons. The highest BCUT2D eigenvalue weighted by molar-refractivity contribution is 7.13. The molecule has 0 aliphatic carbocycles. The fourth-order valence-electron chi connectivity index (χ4n) is 2.33. The van der Waals surface area contributed by atoms with Crippen molar-refractivity contribution in [1.82, 2.24) is 25.2 Å². The largest absolute Gasteiger partial charge is 0.456 e. The number of benzene rings is 2. The number of thiazole rings is 1. The van der Waals surface area contributed by atoms with Crippen molar-refractivity contribution in [2.45, 2.75) is 6.61 Å². The summed E-state index contributed by atoms with van der Waals surface area (Å²) in [6.45, 7) is 0.112. The molecule has 0 spiro atoms. The highest BCUT2D eigenvalue weighted by atomic mass is 32.1. The predicted octanol–water partition coefficient (Wildman–Crippen LogP) is 3.22. The molecular formula is C18H14N6O2S. The maximum Gasteiger partial charge on any atom is 0.338 e. The van der Waals surface area contributed by atoms with Crippen LogP contribution in [-0.4, -0.2) is 31.2 Å². The van der Waals surface area contributed by atoms with Crippen molar-refractivity contribution in [3.05, 3.63) is 77.6 Å². The monoisotopic (exact) mass is 378 g/mol. The van der Waals surface area contributed by atoms with Gasteiger partial charge < -0.3 is 10.1 Å². The van der Waals surface area contributed by atoms with Crippen LogP contribution < -0.4 is 5.32 Å². The summed E-state index contributed by atoms with van der Waals surface area (Å²) in [5.74, 6) is -0.413. The van der Waals surface area contributed by atoms with Crippen LogP contribution in [0.4, 0.5) is 10.8 Å². The van der Waals surface area contributed by atoms with Gasteiger partial charge in [0.2, 0.25) is 0 Å². The number of tetrazole rings is 1. The van der Waals surface area contributed by atoms with Crippen LogP contribution in [0.5, 0.6) is 0 Å². The van der Waals surface area contributed by atoms with Crippen LogP contribution in [0.15, 0.2) is 66.3 Å². The first kappa shape index (κ1) is 16.9. The minimum atomic E-state index is -0.413. The van der Waals surface area contributed by atoms with Gasteiger partial charge in [0.25, 0.3) is 0 Å². The molecule has 2 heterocycles. The zero-order chi connectivity index (χ0) is 18.5. The fourth-order valence-corrected chi connectivity index (χ4v) is 3.04. The summed E-state index contributed by atoms with van der Waals surface area (Å²) < 4.78 is 6.84. The van der Waals surface area contributed by atoms with E-state index in [2.05, 4.69) is 25.8 Å². The summed E-state index contributed by atoms with van der Waals surface area (Å²) >= 11 is 1.46. The Morgan fingerprint density at radius 3 is 2.67 bits per heavy atom. The molecule has 0 saturated carbocycles. The van der Waals surface area contributed by atoms with Gasteiger partial charge in [0, 0.05) is 11.1 Å². The van der Waals surface area contributed by atoms with Gasteiger partial charge in [0.15, 0.2) is 5.13 Å². The van der Waals surface area contributed by atoms with E-state index in [9.17, 15) is 4.79 Å². The summed E-state index contributed by atoms with van der Waals surface area (Å²) in [5, 5.41) is 16.8. The lowest BCUT2D eigenvalue weighted by atomic mass is 10.2. The molecule has 0 unspecified atom stereocenters. The Kier molecular flexibility index (Phi) is 4.84. The number of hydrogen-bond acceptors (Lipinski definition) is 8. The topological polar surface area (TPSA) is 94.8 Å². The van der Waals surface area contributed by atoms with Crippen molar-refractivity contribution in [1.29, 1.82) is 0 Å².